The van der Waals surface area contributed by atoms with Crippen LogP contribution in [0.1, 0.15) is 21.5 Å². The Labute approximate surface area is 206 Å². The van der Waals surface area contributed by atoms with Gasteiger partial charge in [0.1, 0.15) is 12.4 Å². The van der Waals surface area contributed by atoms with Crippen LogP contribution < -0.4 is 10.1 Å². The lowest BCUT2D eigenvalue weighted by Gasteiger charge is -2.26. The maximum Gasteiger partial charge on any atom is 0.251 e. The van der Waals surface area contributed by atoms with Crippen LogP contribution in [-0.4, -0.2) is 58.7 Å². The fraction of sp³-hybridized carbons (Fsp3) is 0.296. The Morgan fingerprint density at radius 2 is 1.66 bits per heavy atom. The Kier molecular flexibility index (Phi) is 8.52. The topological polar surface area (TPSA) is 84.9 Å². The van der Waals surface area contributed by atoms with Crippen LogP contribution in [0.25, 0.3) is 0 Å². The molecule has 0 spiro atoms. The number of nitrogens with zero attached hydrogens (tertiary/aromatic N) is 1. The molecule has 1 fully saturated rings. The molecule has 184 valence electrons. The van der Waals surface area contributed by atoms with Crippen LogP contribution in [0.15, 0.2) is 83.8 Å². The van der Waals surface area contributed by atoms with Gasteiger partial charge in [-0.15, -0.1) is 0 Å². The molecule has 35 heavy (non-hydrogen) atoms. The summed E-state index contributed by atoms with van der Waals surface area (Å²) in [5.41, 5.74) is 2.05. The quantitative estimate of drug-likeness (QED) is 0.466. The normalized spacial score (nSPS) is 14.4. The predicted octanol–water partition coefficient (Wildman–Crippen LogP) is 3.30. The van der Waals surface area contributed by atoms with Gasteiger partial charge in [0.15, 0.2) is 9.84 Å². The molecule has 0 atom stereocenters. The number of rotatable bonds is 10. The van der Waals surface area contributed by atoms with E-state index >= 15 is 0 Å². The molecule has 1 aliphatic rings. The fourth-order valence-electron chi connectivity index (χ4n) is 3.83. The number of hydrogen-bond acceptors (Lipinski definition) is 6. The molecule has 0 aromatic heterocycles. The molecular weight excluding hydrogens is 464 g/mol. The molecule has 0 unspecified atom stereocenters. The fourth-order valence-corrected chi connectivity index (χ4v) is 5.20. The van der Waals surface area contributed by atoms with Crippen molar-refractivity contribution in [2.24, 2.45) is 0 Å². The SMILES string of the molecule is O=C(NCc1cccc(OCCN2CCOCC2)c1)c1ccc(CS(=O)(=O)c2ccccc2)cc1. The van der Waals surface area contributed by atoms with Crippen molar-refractivity contribution in [2.45, 2.75) is 17.2 Å². The molecule has 1 N–H and O–H groups in total. The van der Waals surface area contributed by atoms with Crippen molar-refractivity contribution in [1.29, 1.82) is 0 Å². The molecule has 3 aromatic rings. The molecule has 0 saturated carbocycles. The molecule has 1 heterocycles. The van der Waals surface area contributed by atoms with E-state index in [1.165, 1.54) is 0 Å². The van der Waals surface area contributed by atoms with E-state index in [9.17, 15) is 13.2 Å². The van der Waals surface area contributed by atoms with Gasteiger partial charge in [-0.3, -0.25) is 9.69 Å². The highest BCUT2D eigenvalue weighted by Crippen LogP contribution is 2.17. The summed E-state index contributed by atoms with van der Waals surface area (Å²) in [6, 6.07) is 22.7. The molecule has 0 radical (unpaired) electrons. The van der Waals surface area contributed by atoms with Crippen molar-refractivity contribution >= 4 is 15.7 Å². The zero-order valence-corrected chi connectivity index (χ0v) is 20.4. The third-order valence-corrected chi connectivity index (χ3v) is 7.51. The van der Waals surface area contributed by atoms with Gasteiger partial charge in [-0.25, -0.2) is 8.42 Å². The third kappa shape index (κ3) is 7.39. The number of hydrogen-bond donors (Lipinski definition) is 1. The predicted molar refractivity (Wildman–Crippen MR) is 134 cm³/mol. The van der Waals surface area contributed by atoms with Gasteiger partial charge in [0.2, 0.25) is 0 Å². The van der Waals surface area contributed by atoms with Crippen molar-refractivity contribution in [3.05, 3.63) is 95.6 Å². The molecule has 1 saturated heterocycles. The minimum Gasteiger partial charge on any atom is -0.492 e. The van der Waals surface area contributed by atoms with Gasteiger partial charge in [-0.05, 0) is 47.5 Å². The zero-order chi connectivity index (χ0) is 24.5. The third-order valence-electron chi connectivity index (χ3n) is 5.81. The number of nitrogens with one attached hydrogen (secondary N) is 1. The second-order valence-electron chi connectivity index (χ2n) is 8.40. The minimum absolute atomic E-state index is 0.114. The summed E-state index contributed by atoms with van der Waals surface area (Å²) >= 11 is 0. The number of sulfone groups is 1. The number of benzene rings is 3. The lowest BCUT2D eigenvalue weighted by Crippen LogP contribution is -2.38. The molecule has 3 aromatic carbocycles. The summed E-state index contributed by atoms with van der Waals surface area (Å²) in [5, 5.41) is 2.91. The Morgan fingerprint density at radius 1 is 0.914 bits per heavy atom. The van der Waals surface area contributed by atoms with Gasteiger partial charge in [0.05, 0.1) is 23.9 Å². The van der Waals surface area contributed by atoms with Crippen LogP contribution in [0.3, 0.4) is 0 Å². The van der Waals surface area contributed by atoms with Crippen LogP contribution in [-0.2, 0) is 26.9 Å². The smallest absolute Gasteiger partial charge is 0.251 e. The molecule has 0 aliphatic carbocycles. The largest absolute Gasteiger partial charge is 0.492 e. The first-order valence-electron chi connectivity index (χ1n) is 11.7. The van der Waals surface area contributed by atoms with Crippen molar-refractivity contribution < 1.29 is 22.7 Å². The second kappa shape index (κ2) is 12.0. The van der Waals surface area contributed by atoms with Crippen LogP contribution in [0.5, 0.6) is 5.75 Å². The van der Waals surface area contributed by atoms with Crippen molar-refractivity contribution in [2.75, 3.05) is 39.5 Å². The van der Waals surface area contributed by atoms with E-state index in [1.807, 2.05) is 24.3 Å². The van der Waals surface area contributed by atoms with Gasteiger partial charge in [0.25, 0.3) is 5.91 Å². The second-order valence-corrected chi connectivity index (χ2v) is 10.4. The first-order valence-corrected chi connectivity index (χ1v) is 13.3. The monoisotopic (exact) mass is 494 g/mol. The van der Waals surface area contributed by atoms with Crippen LogP contribution >= 0.6 is 0 Å². The Balaban J connectivity index is 1.26. The van der Waals surface area contributed by atoms with Crippen molar-refractivity contribution in [3.8, 4) is 5.75 Å². The molecule has 7 nitrogen and oxygen atoms in total. The Hall–Kier alpha value is -3.20. The summed E-state index contributed by atoms with van der Waals surface area (Å²) in [7, 11) is -3.43. The first kappa shape index (κ1) is 24.9. The molecule has 1 amide bonds. The first-order chi connectivity index (χ1) is 17.0. The Bertz CT molecular complexity index is 1210. The number of morpholine rings is 1. The summed E-state index contributed by atoms with van der Waals surface area (Å²) < 4.78 is 36.4. The highest BCUT2D eigenvalue weighted by molar-refractivity contribution is 7.90. The van der Waals surface area contributed by atoms with Gasteiger partial charge < -0.3 is 14.8 Å². The Morgan fingerprint density at radius 3 is 2.40 bits per heavy atom. The average molecular weight is 495 g/mol. The van der Waals surface area contributed by atoms with E-state index in [4.69, 9.17) is 9.47 Å². The minimum atomic E-state index is -3.43. The molecule has 0 bridgehead atoms. The molecular formula is C27H30N2O5S. The lowest BCUT2D eigenvalue weighted by molar-refractivity contribution is 0.0322. The summed E-state index contributed by atoms with van der Waals surface area (Å²) in [5.74, 6) is 0.437. The molecule has 8 heteroatoms. The van der Waals surface area contributed by atoms with Crippen LogP contribution in [0.4, 0.5) is 0 Å². The summed E-state index contributed by atoms with van der Waals surface area (Å²) in [6.07, 6.45) is 0. The van der Waals surface area contributed by atoms with Gasteiger partial charge in [-0.2, -0.15) is 0 Å². The van der Waals surface area contributed by atoms with E-state index in [1.54, 1.807) is 54.6 Å². The van der Waals surface area contributed by atoms with Gasteiger partial charge in [0, 0.05) is 31.7 Å². The average Bonchev–Trinajstić information content (AvgIpc) is 2.89. The number of carbonyl (C=O) groups is 1. The van der Waals surface area contributed by atoms with Gasteiger partial charge >= 0.3 is 0 Å². The molecule has 4 rings (SSSR count). The number of ether oxygens (including phenoxy) is 2. The summed E-state index contributed by atoms with van der Waals surface area (Å²) in [6.45, 7) is 5.21. The van der Waals surface area contributed by atoms with Crippen molar-refractivity contribution in [3.63, 3.8) is 0 Å². The maximum absolute atomic E-state index is 12.6. The van der Waals surface area contributed by atoms with E-state index in [-0.39, 0.29) is 16.6 Å². The van der Waals surface area contributed by atoms with Crippen LogP contribution in [0.2, 0.25) is 0 Å². The van der Waals surface area contributed by atoms with E-state index in [0.29, 0.717) is 24.3 Å². The lowest BCUT2D eigenvalue weighted by atomic mass is 10.1. The van der Waals surface area contributed by atoms with Gasteiger partial charge in [-0.1, -0.05) is 42.5 Å². The van der Waals surface area contributed by atoms with Crippen molar-refractivity contribution in [1.82, 2.24) is 10.2 Å². The number of amides is 1. The van der Waals surface area contributed by atoms with Crippen LogP contribution in [0, 0.1) is 0 Å². The zero-order valence-electron chi connectivity index (χ0n) is 19.6. The summed E-state index contributed by atoms with van der Waals surface area (Å²) in [4.78, 5) is 15.2. The number of carbonyl (C=O) groups excluding carboxylic acids is 1. The van der Waals surface area contributed by atoms with E-state index < -0.39 is 9.84 Å². The molecule has 1 aliphatic heterocycles. The standard InChI is InChI=1S/C27H30N2O5S/c30-27(24-11-9-22(10-12-24)21-35(31,32)26-7-2-1-3-8-26)28-20-23-5-4-6-25(19-23)34-18-15-29-13-16-33-17-14-29/h1-12,19H,13-18,20-21H2,(H,28,30). The van der Waals surface area contributed by atoms with E-state index in [2.05, 4.69) is 10.2 Å². The highest BCUT2D eigenvalue weighted by atomic mass is 32.2. The highest BCUT2D eigenvalue weighted by Gasteiger charge is 2.15. The van der Waals surface area contributed by atoms with E-state index in [0.717, 1.165) is 44.2 Å². The maximum atomic E-state index is 12.6.